The number of hydrogen-bond acceptors (Lipinski definition) is 7. The minimum atomic E-state index is 0.395. The van der Waals surface area contributed by atoms with E-state index in [9.17, 15) is 0 Å². The Hall–Kier alpha value is -2.72. The molecule has 2 aromatic rings. The van der Waals surface area contributed by atoms with Gasteiger partial charge >= 0.3 is 0 Å². The van der Waals surface area contributed by atoms with Gasteiger partial charge in [0.2, 0.25) is 0 Å². The number of hydrogen-bond donors (Lipinski definition) is 2. The Labute approximate surface area is 131 Å². The van der Waals surface area contributed by atoms with Gasteiger partial charge in [0.25, 0.3) is 0 Å². The van der Waals surface area contributed by atoms with Crippen LogP contribution in [0.1, 0.15) is 12.6 Å². The molecule has 0 bridgehead atoms. The summed E-state index contributed by atoms with van der Waals surface area (Å²) in [6.07, 6.45) is 0. The van der Waals surface area contributed by atoms with Crippen LogP contribution in [0.5, 0.6) is 11.5 Å². The summed E-state index contributed by atoms with van der Waals surface area (Å²) in [4.78, 5) is 4.38. The van der Waals surface area contributed by atoms with Crippen molar-refractivity contribution in [3.8, 4) is 17.6 Å². The van der Waals surface area contributed by atoms with Crippen molar-refractivity contribution in [1.29, 1.82) is 5.26 Å². The van der Waals surface area contributed by atoms with E-state index in [4.69, 9.17) is 20.5 Å². The minimum absolute atomic E-state index is 0.395. The fourth-order valence-corrected chi connectivity index (χ4v) is 2.76. The van der Waals surface area contributed by atoms with Crippen LogP contribution in [-0.4, -0.2) is 18.2 Å². The lowest BCUT2D eigenvalue weighted by atomic mass is 10.2. The first-order valence-corrected chi connectivity index (χ1v) is 7.54. The van der Waals surface area contributed by atoms with E-state index in [1.54, 1.807) is 12.3 Å². The molecule has 0 amide bonds. The number of ether oxygens (including phenoxy) is 2. The zero-order valence-electron chi connectivity index (χ0n) is 11.9. The van der Waals surface area contributed by atoms with E-state index in [1.807, 2.05) is 18.2 Å². The van der Waals surface area contributed by atoms with E-state index in [0.717, 1.165) is 11.4 Å². The van der Waals surface area contributed by atoms with E-state index >= 15 is 0 Å². The van der Waals surface area contributed by atoms with E-state index in [2.05, 4.69) is 16.4 Å². The molecule has 0 fully saturated rings. The average Bonchev–Trinajstić information content (AvgIpc) is 2.95. The van der Waals surface area contributed by atoms with Gasteiger partial charge in [0, 0.05) is 22.8 Å². The molecule has 1 aromatic carbocycles. The van der Waals surface area contributed by atoms with E-state index < -0.39 is 0 Å². The van der Waals surface area contributed by atoms with E-state index in [0.29, 0.717) is 41.1 Å². The molecule has 2 heterocycles. The normalized spacial score (nSPS) is 14.0. The average molecular weight is 314 g/mol. The third kappa shape index (κ3) is 2.82. The van der Waals surface area contributed by atoms with Crippen LogP contribution >= 0.6 is 11.3 Å². The van der Waals surface area contributed by atoms with Gasteiger partial charge in [-0.2, -0.15) is 5.26 Å². The third-order valence-electron chi connectivity index (χ3n) is 3.06. The topological polar surface area (TPSA) is 93.2 Å². The summed E-state index contributed by atoms with van der Waals surface area (Å²) in [6, 6.07) is 7.69. The van der Waals surface area contributed by atoms with Crippen LogP contribution in [0.4, 0.5) is 10.8 Å². The highest BCUT2D eigenvalue weighted by Crippen LogP contribution is 2.34. The number of thiazole rings is 1. The van der Waals surface area contributed by atoms with Crippen molar-refractivity contribution in [2.24, 2.45) is 5.73 Å². The largest absolute Gasteiger partial charge is 0.486 e. The van der Waals surface area contributed by atoms with Gasteiger partial charge in [-0.05, 0) is 19.1 Å². The van der Waals surface area contributed by atoms with Crippen LogP contribution in [0.25, 0.3) is 5.57 Å². The molecule has 0 atom stereocenters. The first-order valence-electron chi connectivity index (χ1n) is 6.66. The van der Waals surface area contributed by atoms with Crippen molar-refractivity contribution in [1.82, 2.24) is 4.98 Å². The second kappa shape index (κ2) is 5.95. The second-order valence-corrected chi connectivity index (χ2v) is 5.55. The Morgan fingerprint density at radius 3 is 2.86 bits per heavy atom. The second-order valence-electron chi connectivity index (χ2n) is 4.69. The first-order chi connectivity index (χ1) is 10.7. The summed E-state index contributed by atoms with van der Waals surface area (Å²) < 4.78 is 11.0. The summed E-state index contributed by atoms with van der Waals surface area (Å²) in [7, 11) is 0. The van der Waals surface area contributed by atoms with Crippen LogP contribution in [0.3, 0.4) is 0 Å². The molecule has 1 aromatic heterocycles. The van der Waals surface area contributed by atoms with Crippen molar-refractivity contribution < 1.29 is 9.47 Å². The van der Waals surface area contributed by atoms with Gasteiger partial charge in [-0.1, -0.05) is 0 Å². The SMILES string of the molecule is C/C(N)=C(/C#N)c1csc(Nc2ccc3c(c2)OCCO3)n1. The first kappa shape index (κ1) is 14.2. The Morgan fingerprint density at radius 2 is 2.14 bits per heavy atom. The fourth-order valence-electron chi connectivity index (χ4n) is 2.04. The highest BCUT2D eigenvalue weighted by atomic mass is 32.1. The quantitative estimate of drug-likeness (QED) is 0.846. The summed E-state index contributed by atoms with van der Waals surface area (Å²) in [5.41, 5.74) is 7.96. The lowest BCUT2D eigenvalue weighted by Gasteiger charge is -2.18. The van der Waals surface area contributed by atoms with Crippen LogP contribution in [-0.2, 0) is 0 Å². The molecule has 3 rings (SSSR count). The number of allylic oxidation sites excluding steroid dienone is 2. The van der Waals surface area contributed by atoms with Gasteiger partial charge in [0.05, 0.1) is 11.3 Å². The van der Waals surface area contributed by atoms with Gasteiger partial charge in [-0.15, -0.1) is 11.3 Å². The van der Waals surface area contributed by atoms with Gasteiger partial charge in [-0.3, -0.25) is 0 Å². The predicted molar refractivity (Wildman–Crippen MR) is 85.2 cm³/mol. The summed E-state index contributed by atoms with van der Waals surface area (Å²) >= 11 is 1.41. The van der Waals surface area contributed by atoms with Crippen LogP contribution in [0, 0.1) is 11.3 Å². The number of nitriles is 1. The zero-order chi connectivity index (χ0) is 15.5. The lowest BCUT2D eigenvalue weighted by molar-refractivity contribution is 0.171. The van der Waals surface area contributed by atoms with Crippen molar-refractivity contribution in [3.63, 3.8) is 0 Å². The molecule has 112 valence electrons. The molecule has 22 heavy (non-hydrogen) atoms. The smallest absolute Gasteiger partial charge is 0.187 e. The van der Waals surface area contributed by atoms with Crippen LogP contribution < -0.4 is 20.5 Å². The Morgan fingerprint density at radius 1 is 1.36 bits per heavy atom. The van der Waals surface area contributed by atoms with Gasteiger partial charge in [-0.25, -0.2) is 4.98 Å². The molecular formula is C15H14N4O2S. The highest BCUT2D eigenvalue weighted by molar-refractivity contribution is 7.13. The van der Waals surface area contributed by atoms with Crippen molar-refractivity contribution in [2.45, 2.75) is 6.92 Å². The molecule has 0 radical (unpaired) electrons. The molecule has 0 saturated heterocycles. The molecule has 3 N–H and O–H groups in total. The minimum Gasteiger partial charge on any atom is -0.486 e. The highest BCUT2D eigenvalue weighted by Gasteiger charge is 2.13. The number of fused-ring (bicyclic) bond motifs is 1. The third-order valence-corrected chi connectivity index (χ3v) is 3.82. The molecule has 0 aliphatic carbocycles. The number of rotatable bonds is 3. The van der Waals surface area contributed by atoms with Gasteiger partial charge < -0.3 is 20.5 Å². The van der Waals surface area contributed by atoms with Crippen LogP contribution in [0.15, 0.2) is 29.3 Å². The fraction of sp³-hybridized carbons (Fsp3) is 0.200. The number of nitrogens with two attached hydrogens (primary N) is 1. The maximum absolute atomic E-state index is 9.11. The Bertz CT molecular complexity index is 772. The van der Waals surface area contributed by atoms with Gasteiger partial charge in [0.1, 0.15) is 19.3 Å². The maximum atomic E-state index is 9.11. The Kier molecular flexibility index (Phi) is 3.85. The van der Waals surface area contributed by atoms with E-state index in [-0.39, 0.29) is 0 Å². The lowest BCUT2D eigenvalue weighted by Crippen LogP contribution is -2.15. The van der Waals surface area contributed by atoms with Gasteiger partial charge in [0.15, 0.2) is 16.6 Å². The predicted octanol–water partition coefficient (Wildman–Crippen LogP) is 2.87. The molecule has 1 aliphatic rings. The molecule has 0 spiro atoms. The number of nitrogens with one attached hydrogen (secondary N) is 1. The molecule has 1 aliphatic heterocycles. The molecule has 6 nitrogen and oxygen atoms in total. The monoisotopic (exact) mass is 314 g/mol. The molecule has 0 unspecified atom stereocenters. The molecule has 0 saturated carbocycles. The maximum Gasteiger partial charge on any atom is 0.187 e. The zero-order valence-corrected chi connectivity index (χ0v) is 12.7. The van der Waals surface area contributed by atoms with Crippen LogP contribution in [0.2, 0.25) is 0 Å². The number of benzene rings is 1. The summed E-state index contributed by atoms with van der Waals surface area (Å²) in [5.74, 6) is 1.45. The van der Waals surface area contributed by atoms with Crippen molar-refractivity contribution in [2.75, 3.05) is 18.5 Å². The van der Waals surface area contributed by atoms with Crippen molar-refractivity contribution in [3.05, 3.63) is 35.0 Å². The number of aromatic nitrogens is 1. The summed E-state index contributed by atoms with van der Waals surface area (Å²) in [6.45, 7) is 2.80. The number of nitrogens with zero attached hydrogens (tertiary/aromatic N) is 2. The van der Waals surface area contributed by atoms with E-state index in [1.165, 1.54) is 11.3 Å². The standard InChI is InChI=1S/C15H14N4O2S/c1-9(17)11(7-16)12-8-22-15(19-12)18-10-2-3-13-14(6-10)21-5-4-20-13/h2-3,6,8H,4-5,17H2,1H3,(H,18,19)/b11-9+. The summed E-state index contributed by atoms with van der Waals surface area (Å²) in [5, 5.41) is 14.8. The molecular weight excluding hydrogens is 300 g/mol. The van der Waals surface area contributed by atoms with Crippen molar-refractivity contribution >= 4 is 27.7 Å². The number of anilines is 2. The Balaban J connectivity index is 1.81. The molecule has 7 heteroatoms.